The number of nitrogens with zero attached hydrogens (tertiary/aromatic N) is 1. The maximum absolute atomic E-state index is 12.5. The summed E-state index contributed by atoms with van der Waals surface area (Å²) < 4.78 is 0. The second-order valence-electron chi connectivity index (χ2n) is 5.23. The number of carbonyl (C=O) groups excluding carboxylic acids is 1. The molecule has 0 aromatic heterocycles. The van der Waals surface area contributed by atoms with Crippen molar-refractivity contribution in [3.8, 4) is 6.07 Å². The van der Waals surface area contributed by atoms with Crippen LogP contribution in [-0.4, -0.2) is 5.78 Å². The van der Waals surface area contributed by atoms with E-state index in [1.54, 1.807) is 12.1 Å². The fourth-order valence-corrected chi connectivity index (χ4v) is 2.66. The lowest BCUT2D eigenvalue weighted by molar-refractivity contribution is -0.115. The van der Waals surface area contributed by atoms with Crippen LogP contribution in [0, 0.1) is 11.3 Å². The van der Waals surface area contributed by atoms with Gasteiger partial charge in [-0.3, -0.25) is 4.79 Å². The zero-order chi connectivity index (χ0) is 16.2. The number of hydrazine groups is 1. The molecule has 0 unspecified atom stereocenters. The Morgan fingerprint density at radius 1 is 1.09 bits per heavy atom. The van der Waals surface area contributed by atoms with Gasteiger partial charge in [0.05, 0.1) is 11.7 Å². The Morgan fingerprint density at radius 3 is 2.43 bits per heavy atom. The molecule has 0 radical (unpaired) electrons. The number of halogens is 1. The Hall–Kier alpha value is -2.61. The monoisotopic (exact) mass is 323 g/mol. The first-order valence-corrected chi connectivity index (χ1v) is 7.57. The van der Waals surface area contributed by atoms with Crippen molar-refractivity contribution in [2.45, 2.75) is 12.5 Å². The molecule has 4 nitrogen and oxygen atoms in total. The maximum atomic E-state index is 12.5. The van der Waals surface area contributed by atoms with E-state index in [0.717, 1.165) is 11.1 Å². The number of nitriles is 1. The van der Waals surface area contributed by atoms with Crippen LogP contribution in [0.2, 0.25) is 5.02 Å². The van der Waals surface area contributed by atoms with Crippen LogP contribution in [0.3, 0.4) is 0 Å². The number of hydrogen-bond donors (Lipinski definition) is 2. The highest BCUT2D eigenvalue weighted by molar-refractivity contribution is 6.30. The van der Waals surface area contributed by atoms with E-state index in [4.69, 9.17) is 11.6 Å². The SMILES string of the molecule is N#CC1=C(c2ccccc2)NN[C@@H](c2ccc(Cl)cc2)CC1=O. The van der Waals surface area contributed by atoms with Gasteiger partial charge in [-0.2, -0.15) is 5.26 Å². The summed E-state index contributed by atoms with van der Waals surface area (Å²) in [6.45, 7) is 0. The first kappa shape index (κ1) is 15.3. The number of ketones is 1. The molecule has 2 aromatic rings. The highest BCUT2D eigenvalue weighted by Gasteiger charge is 2.26. The van der Waals surface area contributed by atoms with Crippen LogP contribution in [0.25, 0.3) is 5.70 Å². The highest BCUT2D eigenvalue weighted by Crippen LogP contribution is 2.26. The molecule has 1 aliphatic rings. The van der Waals surface area contributed by atoms with Gasteiger partial charge in [0.1, 0.15) is 11.6 Å². The lowest BCUT2D eigenvalue weighted by Gasteiger charge is -2.17. The third kappa shape index (κ3) is 3.26. The zero-order valence-electron chi connectivity index (χ0n) is 12.2. The molecule has 0 aliphatic carbocycles. The lowest BCUT2D eigenvalue weighted by Crippen LogP contribution is -2.33. The summed E-state index contributed by atoms with van der Waals surface area (Å²) in [4.78, 5) is 12.5. The van der Waals surface area contributed by atoms with Crippen molar-refractivity contribution in [3.63, 3.8) is 0 Å². The van der Waals surface area contributed by atoms with Gasteiger partial charge in [0, 0.05) is 17.0 Å². The Labute approximate surface area is 139 Å². The smallest absolute Gasteiger partial charge is 0.177 e. The van der Waals surface area contributed by atoms with Gasteiger partial charge in [-0.15, -0.1) is 0 Å². The van der Waals surface area contributed by atoms with E-state index in [1.165, 1.54) is 0 Å². The molecular formula is C18H14ClN3O. The molecule has 1 heterocycles. The van der Waals surface area contributed by atoms with Gasteiger partial charge in [-0.25, -0.2) is 5.43 Å². The summed E-state index contributed by atoms with van der Waals surface area (Å²) in [5, 5.41) is 10.0. The summed E-state index contributed by atoms with van der Waals surface area (Å²) in [6.07, 6.45) is 0.202. The number of hydrogen-bond acceptors (Lipinski definition) is 4. The Kier molecular flexibility index (Phi) is 4.42. The number of carbonyl (C=O) groups is 1. The molecule has 114 valence electrons. The lowest BCUT2D eigenvalue weighted by atomic mass is 9.97. The van der Waals surface area contributed by atoms with Gasteiger partial charge in [-0.05, 0) is 17.7 Å². The zero-order valence-corrected chi connectivity index (χ0v) is 13.0. The van der Waals surface area contributed by atoms with E-state index >= 15 is 0 Å². The average molecular weight is 324 g/mol. The quantitative estimate of drug-likeness (QED) is 0.889. The summed E-state index contributed by atoms with van der Waals surface area (Å²) >= 11 is 5.91. The maximum Gasteiger partial charge on any atom is 0.177 e. The predicted molar refractivity (Wildman–Crippen MR) is 89.1 cm³/mol. The molecule has 0 saturated heterocycles. The molecule has 1 aliphatic heterocycles. The summed E-state index contributed by atoms with van der Waals surface area (Å²) in [7, 11) is 0. The minimum absolute atomic E-state index is 0.139. The minimum Gasteiger partial charge on any atom is -0.319 e. The van der Waals surface area contributed by atoms with Crippen LogP contribution < -0.4 is 10.9 Å². The van der Waals surface area contributed by atoms with Gasteiger partial charge in [0.2, 0.25) is 0 Å². The topological polar surface area (TPSA) is 64.9 Å². The Balaban J connectivity index is 1.93. The molecule has 2 aromatic carbocycles. The molecule has 2 N–H and O–H groups in total. The Morgan fingerprint density at radius 2 is 1.78 bits per heavy atom. The van der Waals surface area contributed by atoms with E-state index in [2.05, 4.69) is 10.9 Å². The fourth-order valence-electron chi connectivity index (χ4n) is 2.54. The number of Topliss-reactive ketones (excluding diaryl/α,β-unsaturated/α-hetero) is 1. The first-order chi connectivity index (χ1) is 11.2. The standard InChI is InChI=1S/C18H14ClN3O/c19-14-8-6-12(7-9-14)16-10-17(23)15(11-20)18(22-21-16)13-4-2-1-3-5-13/h1-9,16,21-22H,10H2/t16-/m1/s1. The van der Waals surface area contributed by atoms with Crippen molar-refractivity contribution in [1.29, 1.82) is 5.26 Å². The molecule has 0 bridgehead atoms. The molecule has 0 amide bonds. The van der Waals surface area contributed by atoms with Crippen molar-refractivity contribution in [3.05, 3.63) is 76.3 Å². The van der Waals surface area contributed by atoms with Crippen LogP contribution in [0.5, 0.6) is 0 Å². The van der Waals surface area contributed by atoms with Gasteiger partial charge < -0.3 is 5.43 Å². The van der Waals surface area contributed by atoms with Crippen molar-refractivity contribution in [1.82, 2.24) is 10.9 Å². The van der Waals surface area contributed by atoms with Crippen molar-refractivity contribution in [2.24, 2.45) is 0 Å². The van der Waals surface area contributed by atoms with Crippen molar-refractivity contribution >= 4 is 23.1 Å². The number of nitrogens with one attached hydrogen (secondary N) is 2. The number of allylic oxidation sites excluding steroid dienone is 1. The molecule has 0 spiro atoms. The third-order valence-electron chi connectivity index (χ3n) is 3.74. The number of rotatable bonds is 2. The molecule has 5 heteroatoms. The molecule has 1 atom stereocenters. The molecule has 3 rings (SSSR count). The van der Waals surface area contributed by atoms with Gasteiger partial charge in [0.15, 0.2) is 5.78 Å². The van der Waals surface area contributed by atoms with E-state index < -0.39 is 0 Å². The van der Waals surface area contributed by atoms with Crippen LogP contribution in [0.15, 0.2) is 60.2 Å². The first-order valence-electron chi connectivity index (χ1n) is 7.19. The second kappa shape index (κ2) is 6.66. The minimum atomic E-state index is -0.232. The average Bonchev–Trinajstić information content (AvgIpc) is 2.75. The van der Waals surface area contributed by atoms with E-state index in [0.29, 0.717) is 10.7 Å². The van der Waals surface area contributed by atoms with Crippen molar-refractivity contribution < 1.29 is 4.79 Å². The summed E-state index contributed by atoms with van der Waals surface area (Å²) in [5.41, 5.74) is 8.56. The Bertz CT molecular complexity index is 791. The highest BCUT2D eigenvalue weighted by atomic mass is 35.5. The summed E-state index contributed by atoms with van der Waals surface area (Å²) in [6, 6.07) is 18.4. The van der Waals surface area contributed by atoms with E-state index in [9.17, 15) is 10.1 Å². The van der Waals surface area contributed by atoms with Crippen LogP contribution in [0.1, 0.15) is 23.6 Å². The summed E-state index contributed by atoms with van der Waals surface area (Å²) in [5.74, 6) is -0.191. The van der Waals surface area contributed by atoms with Gasteiger partial charge in [0.25, 0.3) is 0 Å². The van der Waals surface area contributed by atoms with Gasteiger partial charge >= 0.3 is 0 Å². The van der Waals surface area contributed by atoms with Crippen LogP contribution >= 0.6 is 11.6 Å². The molecule has 0 saturated carbocycles. The van der Waals surface area contributed by atoms with Crippen LogP contribution in [0.4, 0.5) is 0 Å². The van der Waals surface area contributed by atoms with Crippen molar-refractivity contribution in [2.75, 3.05) is 0 Å². The van der Waals surface area contributed by atoms with E-state index in [1.807, 2.05) is 48.5 Å². The normalized spacial score (nSPS) is 18.1. The second-order valence-corrected chi connectivity index (χ2v) is 5.67. The predicted octanol–water partition coefficient (Wildman–Crippen LogP) is 3.38. The molecule has 0 fully saturated rings. The third-order valence-corrected chi connectivity index (χ3v) is 3.99. The molecule has 23 heavy (non-hydrogen) atoms. The van der Waals surface area contributed by atoms with E-state index in [-0.39, 0.29) is 23.8 Å². The van der Waals surface area contributed by atoms with Gasteiger partial charge in [-0.1, -0.05) is 54.1 Å². The largest absolute Gasteiger partial charge is 0.319 e. The fraction of sp³-hybridized carbons (Fsp3) is 0.111. The number of benzene rings is 2. The molecular weight excluding hydrogens is 310 g/mol. The van der Waals surface area contributed by atoms with Crippen LogP contribution in [-0.2, 0) is 4.79 Å².